The standard InChI is InChI=1S/C19H20FN3O4/c20-13-6-23-16(10(9-1-2-9)5-11(18(23)24)19(25)26)12-7-27-8-15-14(21)3-4-22(15)17(12)13/h5-6,9,14-15H,1-4,7-8,21H2,(H,25,26)/t14-,15?/m1/s1. The summed E-state index contributed by atoms with van der Waals surface area (Å²) in [6, 6.07) is 1.28. The molecular weight excluding hydrogens is 353 g/mol. The van der Waals surface area contributed by atoms with Crippen LogP contribution in [-0.4, -0.2) is 40.7 Å². The lowest BCUT2D eigenvalue weighted by Crippen LogP contribution is -2.42. The number of aromatic nitrogens is 1. The first-order chi connectivity index (χ1) is 13.0. The van der Waals surface area contributed by atoms with Crippen molar-refractivity contribution in [3.63, 3.8) is 0 Å². The van der Waals surface area contributed by atoms with Gasteiger partial charge in [0.2, 0.25) is 0 Å². The summed E-state index contributed by atoms with van der Waals surface area (Å²) in [7, 11) is 0. The molecule has 5 rings (SSSR count). The molecule has 2 atom stereocenters. The van der Waals surface area contributed by atoms with Crippen LogP contribution in [0.5, 0.6) is 0 Å². The Kier molecular flexibility index (Phi) is 3.57. The minimum Gasteiger partial charge on any atom is -0.477 e. The molecule has 4 heterocycles. The second kappa shape index (κ2) is 5.77. The molecule has 0 spiro atoms. The number of halogens is 1. The number of rotatable bonds is 2. The Labute approximate surface area is 154 Å². The molecule has 2 aromatic rings. The molecule has 142 valence electrons. The summed E-state index contributed by atoms with van der Waals surface area (Å²) < 4.78 is 22.1. The minimum absolute atomic E-state index is 0.0916. The van der Waals surface area contributed by atoms with Crippen LogP contribution in [0.2, 0.25) is 0 Å². The molecule has 7 nitrogen and oxygen atoms in total. The van der Waals surface area contributed by atoms with Gasteiger partial charge in [-0.3, -0.25) is 9.20 Å². The Morgan fingerprint density at radius 3 is 2.81 bits per heavy atom. The van der Waals surface area contributed by atoms with Crippen LogP contribution in [-0.2, 0) is 11.3 Å². The van der Waals surface area contributed by atoms with Crippen LogP contribution in [0, 0.1) is 5.82 Å². The Bertz CT molecular complexity index is 1030. The van der Waals surface area contributed by atoms with Gasteiger partial charge >= 0.3 is 5.97 Å². The molecule has 3 N–H and O–H groups in total. The van der Waals surface area contributed by atoms with E-state index in [2.05, 4.69) is 0 Å². The van der Waals surface area contributed by atoms with E-state index in [4.69, 9.17) is 10.5 Å². The third-order valence-corrected chi connectivity index (χ3v) is 5.97. The van der Waals surface area contributed by atoms with Gasteiger partial charge in [0.1, 0.15) is 5.56 Å². The Balaban J connectivity index is 1.86. The van der Waals surface area contributed by atoms with E-state index in [1.807, 2.05) is 4.90 Å². The third kappa shape index (κ3) is 2.40. The van der Waals surface area contributed by atoms with Crippen molar-refractivity contribution in [2.75, 3.05) is 18.1 Å². The zero-order chi connectivity index (χ0) is 18.9. The number of nitrogens with zero attached hydrogens (tertiary/aromatic N) is 2. The first kappa shape index (κ1) is 16.7. The molecule has 1 saturated heterocycles. The second-order valence-corrected chi connectivity index (χ2v) is 7.65. The zero-order valence-electron chi connectivity index (χ0n) is 14.7. The number of anilines is 1. The number of pyridine rings is 2. The van der Waals surface area contributed by atoms with Gasteiger partial charge < -0.3 is 20.5 Å². The van der Waals surface area contributed by atoms with Crippen LogP contribution in [0.3, 0.4) is 0 Å². The quantitative estimate of drug-likeness (QED) is 0.827. The summed E-state index contributed by atoms with van der Waals surface area (Å²) in [5, 5.41) is 9.40. The van der Waals surface area contributed by atoms with Gasteiger partial charge in [0, 0.05) is 18.2 Å². The molecule has 0 amide bonds. The number of ether oxygens (including phenoxy) is 1. The maximum atomic E-state index is 15.2. The normalized spacial score (nSPS) is 24.6. The van der Waals surface area contributed by atoms with Crippen LogP contribution in [0.25, 0.3) is 5.52 Å². The predicted octanol–water partition coefficient (Wildman–Crippen LogP) is 1.45. The highest BCUT2D eigenvalue weighted by molar-refractivity contribution is 5.89. The maximum absolute atomic E-state index is 15.2. The molecule has 0 aromatic carbocycles. The smallest absolute Gasteiger partial charge is 0.341 e. The Hall–Kier alpha value is -2.45. The topological polar surface area (TPSA) is 97.3 Å². The molecule has 8 heteroatoms. The Morgan fingerprint density at radius 2 is 2.11 bits per heavy atom. The van der Waals surface area contributed by atoms with E-state index < -0.39 is 17.3 Å². The van der Waals surface area contributed by atoms with E-state index >= 15 is 4.39 Å². The fourth-order valence-electron chi connectivity index (χ4n) is 4.49. The van der Waals surface area contributed by atoms with Crippen LogP contribution in [0.15, 0.2) is 17.1 Å². The monoisotopic (exact) mass is 373 g/mol. The Morgan fingerprint density at radius 1 is 1.33 bits per heavy atom. The highest BCUT2D eigenvalue weighted by atomic mass is 19.1. The molecule has 1 saturated carbocycles. The van der Waals surface area contributed by atoms with Crippen molar-refractivity contribution >= 4 is 17.2 Å². The number of aromatic carboxylic acids is 1. The van der Waals surface area contributed by atoms with E-state index in [0.29, 0.717) is 29.9 Å². The number of carboxylic acids is 1. The van der Waals surface area contributed by atoms with Crippen molar-refractivity contribution in [1.82, 2.24) is 4.40 Å². The molecule has 2 aliphatic heterocycles. The SMILES string of the molecule is N[C@@H]1CCN2c3c(F)cn4c(=O)c(C(=O)O)cc(C5CC5)c4c3COCC12. The van der Waals surface area contributed by atoms with Gasteiger partial charge in [0.15, 0.2) is 5.82 Å². The van der Waals surface area contributed by atoms with Crippen molar-refractivity contribution in [3.8, 4) is 0 Å². The third-order valence-electron chi connectivity index (χ3n) is 5.97. The van der Waals surface area contributed by atoms with Crippen molar-refractivity contribution < 1.29 is 19.0 Å². The number of carboxylic acid groups (broad SMARTS) is 1. The lowest BCUT2D eigenvalue weighted by Gasteiger charge is -2.28. The number of hydrogen-bond donors (Lipinski definition) is 2. The van der Waals surface area contributed by atoms with Crippen LogP contribution < -0.4 is 16.2 Å². The fraction of sp³-hybridized carbons (Fsp3) is 0.474. The largest absolute Gasteiger partial charge is 0.477 e. The predicted molar refractivity (Wildman–Crippen MR) is 95.9 cm³/mol. The van der Waals surface area contributed by atoms with Gasteiger partial charge in [0.25, 0.3) is 5.56 Å². The lowest BCUT2D eigenvalue weighted by molar-refractivity contribution is 0.0694. The lowest BCUT2D eigenvalue weighted by atomic mass is 10.0. The molecule has 2 fully saturated rings. The number of nitrogens with two attached hydrogens (primary N) is 1. The van der Waals surface area contributed by atoms with E-state index in [1.54, 1.807) is 0 Å². The van der Waals surface area contributed by atoms with Crippen LogP contribution in [0.1, 0.15) is 46.7 Å². The van der Waals surface area contributed by atoms with Gasteiger partial charge in [-0.05, 0) is 36.8 Å². The van der Waals surface area contributed by atoms with E-state index in [1.165, 1.54) is 6.07 Å². The van der Waals surface area contributed by atoms with Crippen LogP contribution >= 0.6 is 0 Å². The maximum Gasteiger partial charge on any atom is 0.341 e. The molecule has 1 unspecified atom stereocenters. The second-order valence-electron chi connectivity index (χ2n) is 7.65. The highest BCUT2D eigenvalue weighted by Gasteiger charge is 2.39. The van der Waals surface area contributed by atoms with Crippen molar-refractivity contribution in [1.29, 1.82) is 0 Å². The van der Waals surface area contributed by atoms with Gasteiger partial charge in [-0.2, -0.15) is 0 Å². The average Bonchev–Trinajstić information content (AvgIpc) is 3.42. The summed E-state index contributed by atoms with van der Waals surface area (Å²) in [4.78, 5) is 26.2. The van der Waals surface area contributed by atoms with Gasteiger partial charge in [0.05, 0.1) is 36.7 Å². The molecular formula is C19H20FN3O4. The first-order valence-electron chi connectivity index (χ1n) is 9.21. The highest BCUT2D eigenvalue weighted by Crippen LogP contribution is 2.45. The number of fused-ring (bicyclic) bond motifs is 5. The van der Waals surface area contributed by atoms with E-state index in [9.17, 15) is 14.7 Å². The summed E-state index contributed by atoms with van der Waals surface area (Å²) in [6.45, 7) is 1.20. The summed E-state index contributed by atoms with van der Waals surface area (Å²) in [5.74, 6) is -1.66. The van der Waals surface area contributed by atoms with Gasteiger partial charge in [-0.1, -0.05) is 0 Å². The zero-order valence-corrected chi connectivity index (χ0v) is 14.7. The summed E-state index contributed by atoms with van der Waals surface area (Å²) in [5.41, 5.74) is 7.56. The molecule has 27 heavy (non-hydrogen) atoms. The summed E-state index contributed by atoms with van der Waals surface area (Å²) >= 11 is 0. The molecule has 1 aliphatic carbocycles. The summed E-state index contributed by atoms with van der Waals surface area (Å²) in [6.07, 6.45) is 3.73. The number of carbonyl (C=O) groups is 1. The molecule has 0 radical (unpaired) electrons. The van der Waals surface area contributed by atoms with Gasteiger partial charge in [-0.15, -0.1) is 0 Å². The van der Waals surface area contributed by atoms with E-state index in [0.717, 1.165) is 35.4 Å². The van der Waals surface area contributed by atoms with Crippen molar-refractivity contribution in [2.24, 2.45) is 5.73 Å². The van der Waals surface area contributed by atoms with Crippen molar-refractivity contribution in [3.05, 3.63) is 45.1 Å². The first-order valence-corrected chi connectivity index (χ1v) is 9.21. The average molecular weight is 373 g/mol. The molecule has 3 aliphatic rings. The molecule has 0 bridgehead atoms. The number of hydrogen-bond acceptors (Lipinski definition) is 5. The fourth-order valence-corrected chi connectivity index (χ4v) is 4.49. The van der Waals surface area contributed by atoms with E-state index in [-0.39, 0.29) is 30.2 Å². The van der Waals surface area contributed by atoms with Crippen molar-refractivity contribution in [2.45, 2.75) is 43.9 Å². The van der Waals surface area contributed by atoms with Gasteiger partial charge in [-0.25, -0.2) is 9.18 Å². The van der Waals surface area contributed by atoms with Crippen LogP contribution in [0.4, 0.5) is 10.1 Å². The minimum atomic E-state index is -1.30. The molecule has 2 aromatic heterocycles.